The first-order valence-electron chi connectivity index (χ1n) is 6.32. The van der Waals surface area contributed by atoms with Crippen LogP contribution in [-0.2, 0) is 14.6 Å². The highest BCUT2D eigenvalue weighted by Crippen LogP contribution is 2.55. The fourth-order valence-corrected chi connectivity index (χ4v) is 4.48. The molecular formula is C15H14FNO2S. The molecule has 0 amide bonds. The molecule has 3 rings (SSSR count). The Morgan fingerprint density at radius 3 is 2.00 bits per heavy atom. The van der Waals surface area contributed by atoms with Gasteiger partial charge in [-0.25, -0.2) is 12.8 Å². The van der Waals surface area contributed by atoms with Crippen LogP contribution < -0.4 is 5.73 Å². The molecule has 5 heteroatoms. The normalized spacial score (nSPS) is 16.9. The van der Waals surface area contributed by atoms with Crippen LogP contribution in [0.4, 0.5) is 10.1 Å². The van der Waals surface area contributed by atoms with Crippen LogP contribution in [0.15, 0.2) is 53.4 Å². The minimum atomic E-state index is -3.52. The summed E-state index contributed by atoms with van der Waals surface area (Å²) in [6, 6.07) is 11.9. The summed E-state index contributed by atoms with van der Waals surface area (Å²) in [4.78, 5) is 0.160. The molecule has 1 saturated carbocycles. The van der Waals surface area contributed by atoms with E-state index in [1.54, 1.807) is 24.3 Å². The number of nitrogen functional groups attached to an aromatic ring is 1. The van der Waals surface area contributed by atoms with Crippen LogP contribution in [0.2, 0.25) is 0 Å². The average Bonchev–Trinajstić information content (AvgIpc) is 3.22. The van der Waals surface area contributed by atoms with Crippen molar-refractivity contribution in [3.05, 3.63) is 59.9 Å². The van der Waals surface area contributed by atoms with E-state index in [1.807, 2.05) is 0 Å². The minimum absolute atomic E-state index is 0.160. The van der Waals surface area contributed by atoms with Crippen LogP contribution in [0, 0.1) is 5.82 Å². The molecule has 0 bridgehead atoms. The molecule has 0 aromatic heterocycles. The monoisotopic (exact) mass is 291 g/mol. The summed E-state index contributed by atoms with van der Waals surface area (Å²) in [5.74, 6) is -0.443. The Balaban J connectivity index is 2.06. The molecule has 3 nitrogen and oxygen atoms in total. The SMILES string of the molecule is Nc1ccc(C2(S(=O)(=O)c3ccc(F)cc3)CC2)cc1. The second kappa shape index (κ2) is 4.31. The van der Waals surface area contributed by atoms with Gasteiger partial charge in [-0.05, 0) is 54.8 Å². The molecule has 0 radical (unpaired) electrons. The third-order valence-corrected chi connectivity index (χ3v) is 6.34. The van der Waals surface area contributed by atoms with Crippen molar-refractivity contribution in [2.24, 2.45) is 0 Å². The highest BCUT2D eigenvalue weighted by Gasteiger charge is 2.56. The van der Waals surface area contributed by atoms with E-state index < -0.39 is 20.4 Å². The number of hydrogen-bond acceptors (Lipinski definition) is 3. The molecule has 0 atom stereocenters. The second-order valence-electron chi connectivity index (χ2n) is 5.07. The number of hydrogen-bond donors (Lipinski definition) is 1. The lowest BCUT2D eigenvalue weighted by Crippen LogP contribution is -2.21. The van der Waals surface area contributed by atoms with Crippen LogP contribution in [0.3, 0.4) is 0 Å². The minimum Gasteiger partial charge on any atom is -0.399 e. The van der Waals surface area contributed by atoms with Crippen molar-refractivity contribution in [2.75, 3.05) is 5.73 Å². The van der Waals surface area contributed by atoms with E-state index in [4.69, 9.17) is 5.73 Å². The molecule has 0 unspecified atom stereocenters. The molecule has 0 heterocycles. The van der Waals surface area contributed by atoms with Gasteiger partial charge in [0.05, 0.1) is 4.90 Å². The zero-order chi connectivity index (χ0) is 14.4. The summed E-state index contributed by atoms with van der Waals surface area (Å²) in [6.45, 7) is 0. The van der Waals surface area contributed by atoms with Gasteiger partial charge in [-0.2, -0.15) is 0 Å². The van der Waals surface area contributed by atoms with Crippen LogP contribution in [0.5, 0.6) is 0 Å². The Kier molecular flexibility index (Phi) is 2.83. The molecule has 0 aliphatic heterocycles. The van der Waals surface area contributed by atoms with Crippen LogP contribution in [-0.4, -0.2) is 8.42 Å². The van der Waals surface area contributed by atoms with E-state index in [0.29, 0.717) is 18.5 Å². The topological polar surface area (TPSA) is 60.2 Å². The lowest BCUT2D eigenvalue weighted by atomic mass is 10.1. The zero-order valence-corrected chi connectivity index (χ0v) is 11.5. The number of benzene rings is 2. The maximum Gasteiger partial charge on any atom is 0.188 e. The van der Waals surface area contributed by atoms with E-state index in [2.05, 4.69) is 0 Å². The zero-order valence-electron chi connectivity index (χ0n) is 10.7. The molecule has 0 spiro atoms. The summed E-state index contributed by atoms with van der Waals surface area (Å²) >= 11 is 0. The maximum absolute atomic E-state index is 12.9. The first kappa shape index (κ1) is 13.1. The predicted octanol–water partition coefficient (Wildman–Crippen LogP) is 2.87. The molecule has 0 saturated heterocycles. The maximum atomic E-state index is 12.9. The molecule has 1 aliphatic carbocycles. The lowest BCUT2D eigenvalue weighted by Gasteiger charge is -2.17. The molecule has 104 valence electrons. The summed E-state index contributed by atoms with van der Waals surface area (Å²) in [7, 11) is -3.52. The lowest BCUT2D eigenvalue weighted by molar-refractivity contribution is 0.579. The van der Waals surface area contributed by atoms with Gasteiger partial charge in [0.25, 0.3) is 0 Å². The van der Waals surface area contributed by atoms with Gasteiger partial charge in [0, 0.05) is 5.69 Å². The first-order chi connectivity index (χ1) is 9.46. The van der Waals surface area contributed by atoms with E-state index in [-0.39, 0.29) is 4.90 Å². The fourth-order valence-electron chi connectivity index (χ4n) is 2.45. The number of rotatable bonds is 3. The Morgan fingerprint density at radius 2 is 1.50 bits per heavy atom. The third-order valence-electron chi connectivity index (χ3n) is 3.78. The largest absolute Gasteiger partial charge is 0.399 e. The number of anilines is 1. The Bertz CT molecular complexity index is 732. The van der Waals surface area contributed by atoms with Gasteiger partial charge in [-0.15, -0.1) is 0 Å². The summed E-state index contributed by atoms with van der Waals surface area (Å²) in [5.41, 5.74) is 6.98. The second-order valence-corrected chi connectivity index (χ2v) is 7.33. The van der Waals surface area contributed by atoms with Gasteiger partial charge in [0.2, 0.25) is 0 Å². The number of sulfone groups is 1. The highest BCUT2D eigenvalue weighted by molar-refractivity contribution is 7.92. The van der Waals surface area contributed by atoms with Crippen molar-refractivity contribution >= 4 is 15.5 Å². The fraction of sp³-hybridized carbons (Fsp3) is 0.200. The summed E-state index contributed by atoms with van der Waals surface area (Å²) < 4.78 is 37.6. The van der Waals surface area contributed by atoms with Gasteiger partial charge < -0.3 is 5.73 Å². The third kappa shape index (κ3) is 1.89. The van der Waals surface area contributed by atoms with Crippen molar-refractivity contribution in [2.45, 2.75) is 22.5 Å². The van der Waals surface area contributed by atoms with E-state index in [9.17, 15) is 12.8 Å². The Labute approximate surface area is 117 Å². The van der Waals surface area contributed by atoms with Crippen molar-refractivity contribution < 1.29 is 12.8 Å². The standard InChI is InChI=1S/C15H14FNO2S/c16-12-3-7-14(8-4-12)20(18,19)15(9-10-15)11-1-5-13(17)6-2-11/h1-8H,9-10,17H2. The predicted molar refractivity (Wildman–Crippen MR) is 75.4 cm³/mol. The molecule has 1 aliphatic rings. The highest BCUT2D eigenvalue weighted by atomic mass is 32.2. The summed E-state index contributed by atoms with van der Waals surface area (Å²) in [5, 5.41) is 0. The molecule has 2 aromatic rings. The van der Waals surface area contributed by atoms with E-state index in [0.717, 1.165) is 5.56 Å². The number of halogens is 1. The molecule has 2 N–H and O–H groups in total. The van der Waals surface area contributed by atoms with Crippen molar-refractivity contribution in [3.63, 3.8) is 0 Å². The molecule has 20 heavy (non-hydrogen) atoms. The van der Waals surface area contributed by atoms with Crippen molar-refractivity contribution in [1.82, 2.24) is 0 Å². The number of nitrogens with two attached hydrogens (primary N) is 1. The van der Waals surface area contributed by atoms with Crippen LogP contribution in [0.1, 0.15) is 18.4 Å². The van der Waals surface area contributed by atoms with Crippen LogP contribution in [0.25, 0.3) is 0 Å². The van der Waals surface area contributed by atoms with Gasteiger partial charge in [0.15, 0.2) is 9.84 Å². The van der Waals surface area contributed by atoms with Crippen LogP contribution >= 0.6 is 0 Å². The quantitative estimate of drug-likeness (QED) is 0.698. The molecule has 1 fully saturated rings. The van der Waals surface area contributed by atoms with Gasteiger partial charge in [0.1, 0.15) is 10.6 Å². The average molecular weight is 291 g/mol. The van der Waals surface area contributed by atoms with Crippen molar-refractivity contribution in [1.29, 1.82) is 0 Å². The van der Waals surface area contributed by atoms with Gasteiger partial charge in [-0.1, -0.05) is 12.1 Å². The van der Waals surface area contributed by atoms with Gasteiger partial charge >= 0.3 is 0 Å². The molecular weight excluding hydrogens is 277 g/mol. The first-order valence-corrected chi connectivity index (χ1v) is 7.80. The van der Waals surface area contributed by atoms with Crippen molar-refractivity contribution in [3.8, 4) is 0 Å². The molecule has 2 aromatic carbocycles. The Hall–Kier alpha value is -1.88. The van der Waals surface area contributed by atoms with E-state index in [1.165, 1.54) is 24.3 Å². The van der Waals surface area contributed by atoms with Gasteiger partial charge in [-0.3, -0.25) is 0 Å². The smallest absolute Gasteiger partial charge is 0.188 e. The summed E-state index contributed by atoms with van der Waals surface area (Å²) in [6.07, 6.45) is 1.16. The van der Waals surface area contributed by atoms with E-state index >= 15 is 0 Å². The Morgan fingerprint density at radius 1 is 0.950 bits per heavy atom.